The predicted octanol–water partition coefficient (Wildman–Crippen LogP) is 3.86. The van der Waals surface area contributed by atoms with Crippen LogP contribution in [0.5, 0.6) is 11.5 Å². The average Bonchev–Trinajstić information content (AvgIpc) is 3.79. The molecular weight excluding hydrogens is 748 g/mol. The van der Waals surface area contributed by atoms with E-state index < -0.39 is 30.1 Å². The van der Waals surface area contributed by atoms with E-state index in [2.05, 4.69) is 20.8 Å². The molecule has 17 nitrogen and oxygen atoms in total. The minimum Gasteiger partial charge on any atom is -0.508 e. The fourth-order valence-corrected chi connectivity index (χ4v) is 7.64. The highest BCUT2D eigenvalue weighted by Crippen LogP contribution is 2.39. The van der Waals surface area contributed by atoms with Gasteiger partial charge < -0.3 is 30.1 Å². The second-order valence-electron chi connectivity index (χ2n) is 14.8. The van der Waals surface area contributed by atoms with Crippen LogP contribution in [-0.4, -0.2) is 109 Å². The summed E-state index contributed by atoms with van der Waals surface area (Å²) in [6.45, 7) is 6.66. The lowest BCUT2D eigenvalue weighted by Crippen LogP contribution is -2.52. The van der Waals surface area contributed by atoms with Gasteiger partial charge in [-0.1, -0.05) is 19.9 Å². The number of likely N-dealkylation sites (tertiary alicyclic amines) is 1. The zero-order chi connectivity index (χ0) is 41.4. The third-order valence-corrected chi connectivity index (χ3v) is 10.8. The molecule has 2 fully saturated rings. The number of nitrogens with zero attached hydrogens (tertiary/aromatic N) is 6. The van der Waals surface area contributed by atoms with Crippen molar-refractivity contribution < 1.29 is 43.7 Å². The molecule has 17 heteroatoms. The van der Waals surface area contributed by atoms with E-state index >= 15 is 0 Å². The van der Waals surface area contributed by atoms with Crippen LogP contribution in [0.4, 0.5) is 10.5 Å². The maximum absolute atomic E-state index is 13.6. The highest BCUT2D eigenvalue weighted by molar-refractivity contribution is 6.06. The highest BCUT2D eigenvalue weighted by Gasteiger charge is 2.41. The van der Waals surface area contributed by atoms with Gasteiger partial charge in [0.05, 0.1) is 11.3 Å². The first-order valence-electron chi connectivity index (χ1n) is 19.2. The van der Waals surface area contributed by atoms with E-state index in [9.17, 15) is 39.0 Å². The van der Waals surface area contributed by atoms with Crippen LogP contribution >= 0.6 is 0 Å². The monoisotopic (exact) mass is 792 g/mol. The van der Waals surface area contributed by atoms with Gasteiger partial charge in [-0.3, -0.25) is 38.8 Å². The van der Waals surface area contributed by atoms with Crippen LogP contribution in [0.2, 0.25) is 0 Å². The number of benzene rings is 3. The lowest BCUT2D eigenvalue weighted by Gasteiger charge is -2.33. The van der Waals surface area contributed by atoms with Crippen molar-refractivity contribution in [3.05, 3.63) is 82.7 Å². The SMILES string of the molecule is CCNC(=O)c1nnc(-c2cc(C(C)C)c(O)cc2O)n1-c1ccc(C(=O)N2CCC(OC(=O)N(C)c3cccc4c3CN(C3CCC(=O)NC3=O)C4=O)CC2)cc1. The second kappa shape index (κ2) is 16.0. The smallest absolute Gasteiger partial charge is 0.414 e. The zero-order valence-corrected chi connectivity index (χ0v) is 32.5. The van der Waals surface area contributed by atoms with Gasteiger partial charge in [-0.25, -0.2) is 4.79 Å². The number of hydrogen-bond acceptors (Lipinski definition) is 11. The summed E-state index contributed by atoms with van der Waals surface area (Å²) in [4.78, 5) is 82.0. The molecule has 6 amide bonds. The molecule has 4 aromatic rings. The van der Waals surface area contributed by atoms with E-state index in [1.165, 1.54) is 20.4 Å². The maximum atomic E-state index is 13.6. The zero-order valence-electron chi connectivity index (χ0n) is 32.5. The summed E-state index contributed by atoms with van der Waals surface area (Å²) in [6, 6.07) is 13.7. The third-order valence-electron chi connectivity index (χ3n) is 10.8. The number of carbonyl (C=O) groups is 6. The minimum atomic E-state index is -0.785. The fourth-order valence-electron chi connectivity index (χ4n) is 7.64. The molecule has 302 valence electrons. The number of aromatic hydroxyl groups is 2. The van der Waals surface area contributed by atoms with Crippen molar-refractivity contribution in [1.82, 2.24) is 35.2 Å². The van der Waals surface area contributed by atoms with Crippen molar-refractivity contribution in [2.45, 2.75) is 71.1 Å². The minimum absolute atomic E-state index is 0.0314. The Hall–Kier alpha value is -6.78. The van der Waals surface area contributed by atoms with Gasteiger partial charge in [-0.2, -0.15) is 0 Å². The van der Waals surface area contributed by atoms with Gasteiger partial charge in [0, 0.05) is 80.9 Å². The molecule has 0 radical (unpaired) electrons. The van der Waals surface area contributed by atoms with Gasteiger partial charge in [-0.05, 0) is 67.3 Å². The van der Waals surface area contributed by atoms with Crippen molar-refractivity contribution in [3.8, 4) is 28.6 Å². The topological polar surface area (TPSA) is 217 Å². The fraction of sp³-hybridized carbons (Fsp3) is 0.366. The van der Waals surface area contributed by atoms with Gasteiger partial charge >= 0.3 is 6.09 Å². The summed E-state index contributed by atoms with van der Waals surface area (Å²) in [5.74, 6) is -2.22. The Bertz CT molecular complexity index is 2310. The van der Waals surface area contributed by atoms with Gasteiger partial charge in [-0.15, -0.1) is 10.2 Å². The molecule has 0 aliphatic carbocycles. The largest absolute Gasteiger partial charge is 0.508 e. The predicted molar refractivity (Wildman–Crippen MR) is 209 cm³/mol. The second-order valence-corrected chi connectivity index (χ2v) is 14.8. The number of ether oxygens (including phenoxy) is 1. The molecule has 0 spiro atoms. The Morgan fingerprint density at radius 3 is 2.36 bits per heavy atom. The number of imide groups is 1. The van der Waals surface area contributed by atoms with Crippen molar-refractivity contribution in [2.24, 2.45) is 0 Å². The first-order chi connectivity index (χ1) is 27.8. The van der Waals surface area contributed by atoms with E-state index in [0.29, 0.717) is 66.1 Å². The molecule has 0 bridgehead atoms. The number of amides is 6. The number of piperidine rings is 2. The van der Waals surface area contributed by atoms with E-state index in [-0.39, 0.29) is 71.7 Å². The van der Waals surface area contributed by atoms with Crippen molar-refractivity contribution in [3.63, 3.8) is 0 Å². The van der Waals surface area contributed by atoms with Gasteiger partial charge in [0.1, 0.15) is 23.6 Å². The molecular formula is C41H44N8O9. The molecule has 0 saturated carbocycles. The average molecular weight is 793 g/mol. The quantitative estimate of drug-likeness (QED) is 0.179. The molecule has 2 saturated heterocycles. The summed E-state index contributed by atoms with van der Waals surface area (Å²) in [5.41, 5.74) is 3.12. The molecule has 1 unspecified atom stereocenters. The standard InChI is InChI=1S/C41H44N8O9/c1-5-42-38(54)36-45-44-35(28-19-27(22(2)3)32(50)20-33(28)51)49(36)24-11-9-23(10-12-24)39(55)47-17-15-25(16-18-47)58-41(57)46(4)30-8-6-7-26-29(30)21-48(40(26)56)31-13-14-34(52)43-37(31)53/h6-12,19-20,22,25,31,50-51H,5,13-18,21H2,1-4H3,(H,42,54)(H,43,52,53). The Labute approximate surface area is 333 Å². The van der Waals surface area contributed by atoms with Crippen LogP contribution in [0.3, 0.4) is 0 Å². The lowest BCUT2D eigenvalue weighted by molar-refractivity contribution is -0.136. The molecule has 3 aliphatic rings. The first-order valence-corrected chi connectivity index (χ1v) is 19.2. The van der Waals surface area contributed by atoms with Crippen molar-refractivity contribution in [1.29, 1.82) is 0 Å². The third kappa shape index (κ3) is 7.42. The van der Waals surface area contributed by atoms with E-state index in [1.807, 2.05) is 13.8 Å². The molecule has 1 atom stereocenters. The molecule has 1 aromatic heterocycles. The molecule has 3 aromatic carbocycles. The maximum Gasteiger partial charge on any atom is 0.414 e. The number of carbonyl (C=O) groups excluding carboxylic acids is 6. The number of aromatic nitrogens is 3. The Balaban J connectivity index is 1.01. The molecule has 4 heterocycles. The molecule has 4 N–H and O–H groups in total. The summed E-state index contributed by atoms with van der Waals surface area (Å²) in [5, 5.41) is 34.7. The number of rotatable bonds is 9. The molecule has 58 heavy (non-hydrogen) atoms. The summed E-state index contributed by atoms with van der Waals surface area (Å²) in [6.07, 6.45) is 0.0586. The van der Waals surface area contributed by atoms with Crippen LogP contribution in [0.25, 0.3) is 17.1 Å². The highest BCUT2D eigenvalue weighted by atomic mass is 16.6. The lowest BCUT2D eigenvalue weighted by atomic mass is 9.98. The number of phenols is 2. The van der Waals surface area contributed by atoms with E-state index in [0.717, 1.165) is 0 Å². The Morgan fingerprint density at radius 1 is 0.966 bits per heavy atom. The van der Waals surface area contributed by atoms with Crippen molar-refractivity contribution >= 4 is 41.3 Å². The van der Waals surface area contributed by atoms with Gasteiger partial charge in [0.15, 0.2) is 5.82 Å². The number of hydrogen-bond donors (Lipinski definition) is 4. The summed E-state index contributed by atoms with van der Waals surface area (Å²) >= 11 is 0. The Kier molecular flexibility index (Phi) is 10.9. The summed E-state index contributed by atoms with van der Waals surface area (Å²) < 4.78 is 7.35. The van der Waals surface area contributed by atoms with Crippen LogP contribution < -0.4 is 15.5 Å². The van der Waals surface area contributed by atoms with E-state index in [1.54, 1.807) is 67.4 Å². The van der Waals surface area contributed by atoms with Crippen LogP contribution in [-0.2, 0) is 20.9 Å². The van der Waals surface area contributed by atoms with Crippen molar-refractivity contribution in [2.75, 3.05) is 31.6 Å². The molecule has 3 aliphatic heterocycles. The van der Waals surface area contributed by atoms with Crippen LogP contribution in [0.15, 0.2) is 54.6 Å². The number of fused-ring (bicyclic) bond motifs is 1. The molecule has 7 rings (SSSR count). The summed E-state index contributed by atoms with van der Waals surface area (Å²) in [7, 11) is 1.55. The Morgan fingerprint density at radius 2 is 1.69 bits per heavy atom. The first kappa shape index (κ1) is 39.5. The number of phenolic OH excluding ortho intramolecular Hbond substituents is 2. The van der Waals surface area contributed by atoms with Crippen LogP contribution in [0, 0.1) is 0 Å². The number of anilines is 1. The van der Waals surface area contributed by atoms with Gasteiger partial charge in [0.25, 0.3) is 17.7 Å². The normalized spacial score (nSPS) is 17.0. The van der Waals surface area contributed by atoms with E-state index in [4.69, 9.17) is 4.74 Å². The van der Waals surface area contributed by atoms with Gasteiger partial charge in [0.2, 0.25) is 17.6 Å². The van der Waals surface area contributed by atoms with Crippen LogP contribution in [0.1, 0.15) is 94.8 Å². The number of nitrogens with one attached hydrogen (secondary N) is 2.